The lowest BCUT2D eigenvalue weighted by atomic mass is 10.3. The Morgan fingerprint density at radius 2 is 1.87 bits per heavy atom. The molecule has 6 N–H and O–H groups in total. The molecule has 1 aliphatic heterocycles. The first kappa shape index (κ1) is 18.5. The number of nitrogens with zero attached hydrogens (tertiary/aromatic N) is 3. The topological polar surface area (TPSA) is 140 Å². The zero-order valence-corrected chi connectivity index (χ0v) is 13.7. The van der Waals surface area contributed by atoms with Crippen molar-refractivity contribution < 1.29 is 9.90 Å². The van der Waals surface area contributed by atoms with Gasteiger partial charge in [-0.3, -0.25) is 9.47 Å². The fourth-order valence-corrected chi connectivity index (χ4v) is 1.77. The number of carbonyl (C=O) groups is 1. The van der Waals surface area contributed by atoms with Gasteiger partial charge in [-0.05, 0) is 33.8 Å². The summed E-state index contributed by atoms with van der Waals surface area (Å²) in [6.07, 6.45) is 2.23. The molecule has 9 heteroatoms. The van der Waals surface area contributed by atoms with E-state index < -0.39 is 6.17 Å². The fraction of sp³-hybridized carbons (Fsp3) is 0.500. The molecule has 0 radical (unpaired) electrons. The van der Waals surface area contributed by atoms with Crippen molar-refractivity contribution >= 4 is 11.8 Å². The molecule has 1 unspecified atom stereocenters. The van der Waals surface area contributed by atoms with Crippen molar-refractivity contribution in [2.24, 2.45) is 5.73 Å². The molecular weight excluding hydrogens is 300 g/mol. The molecule has 0 aliphatic carbocycles. The smallest absolute Gasteiger partial charge is 0.349 e. The van der Waals surface area contributed by atoms with E-state index in [4.69, 9.17) is 11.5 Å². The molecule has 0 spiro atoms. The van der Waals surface area contributed by atoms with Crippen LogP contribution in [0.3, 0.4) is 0 Å². The van der Waals surface area contributed by atoms with E-state index in [2.05, 4.69) is 10.3 Å². The van der Waals surface area contributed by atoms with Crippen LogP contribution < -0.4 is 22.5 Å². The molecule has 0 bridgehead atoms. The average molecular weight is 324 g/mol. The first-order valence-electron chi connectivity index (χ1n) is 7.23. The minimum Gasteiger partial charge on any atom is -0.507 e. The van der Waals surface area contributed by atoms with Crippen LogP contribution in [0.1, 0.15) is 33.7 Å². The van der Waals surface area contributed by atoms with Gasteiger partial charge in [0.1, 0.15) is 17.7 Å². The van der Waals surface area contributed by atoms with Gasteiger partial charge in [-0.1, -0.05) is 0 Å². The molecule has 0 saturated heterocycles. The molecule has 1 aromatic heterocycles. The zero-order valence-electron chi connectivity index (χ0n) is 13.7. The highest BCUT2D eigenvalue weighted by molar-refractivity contribution is 5.77. The van der Waals surface area contributed by atoms with Gasteiger partial charge in [0.05, 0.1) is 6.20 Å². The lowest BCUT2D eigenvalue weighted by Gasteiger charge is -2.30. The highest BCUT2D eigenvalue weighted by atomic mass is 16.3. The quantitative estimate of drug-likeness (QED) is 0.625. The zero-order chi connectivity index (χ0) is 17.7. The molecule has 23 heavy (non-hydrogen) atoms. The van der Waals surface area contributed by atoms with E-state index in [1.54, 1.807) is 12.3 Å². The van der Waals surface area contributed by atoms with Crippen LogP contribution in [-0.2, 0) is 0 Å². The maximum absolute atomic E-state index is 11.2. The summed E-state index contributed by atoms with van der Waals surface area (Å²) in [6.45, 7) is 7.53. The van der Waals surface area contributed by atoms with Crippen LogP contribution in [0.15, 0.2) is 29.0 Å². The van der Waals surface area contributed by atoms with Crippen molar-refractivity contribution in [1.82, 2.24) is 19.8 Å². The Labute approximate surface area is 134 Å². The molecule has 9 nitrogen and oxygen atoms in total. The SMILES string of the molecule is CC(C)N1C=C(O)C(N)NC1=O.CC(C)n1ccc(N)nc1=O. The molecule has 2 rings (SSSR count). The van der Waals surface area contributed by atoms with Crippen LogP contribution in [0.25, 0.3) is 0 Å². The van der Waals surface area contributed by atoms with Crippen LogP contribution in [-0.4, -0.2) is 37.8 Å². The van der Waals surface area contributed by atoms with Gasteiger partial charge in [0, 0.05) is 18.3 Å². The van der Waals surface area contributed by atoms with Gasteiger partial charge in [0.2, 0.25) is 0 Å². The molecular formula is C14H24N6O3. The monoisotopic (exact) mass is 324 g/mol. The Balaban J connectivity index is 0.000000231. The van der Waals surface area contributed by atoms with Crippen molar-refractivity contribution in [3.8, 4) is 0 Å². The Hall–Kier alpha value is -2.55. The number of aliphatic hydroxyl groups is 1. The number of anilines is 1. The number of urea groups is 1. The Morgan fingerprint density at radius 3 is 2.35 bits per heavy atom. The van der Waals surface area contributed by atoms with Crippen molar-refractivity contribution in [1.29, 1.82) is 0 Å². The summed E-state index contributed by atoms with van der Waals surface area (Å²) in [7, 11) is 0. The summed E-state index contributed by atoms with van der Waals surface area (Å²) in [5.74, 6) is 0.246. The number of hydrogen-bond donors (Lipinski definition) is 4. The van der Waals surface area contributed by atoms with E-state index in [0.717, 1.165) is 0 Å². The first-order chi connectivity index (χ1) is 10.6. The van der Waals surface area contributed by atoms with Crippen molar-refractivity contribution in [2.45, 2.75) is 45.9 Å². The number of nitrogen functional groups attached to an aromatic ring is 1. The minimum absolute atomic E-state index is 0.0136. The van der Waals surface area contributed by atoms with Crippen LogP contribution in [0.4, 0.5) is 10.6 Å². The summed E-state index contributed by atoms with van der Waals surface area (Å²) in [5, 5.41) is 11.6. The third kappa shape index (κ3) is 4.99. The summed E-state index contributed by atoms with van der Waals surface area (Å²) in [4.78, 5) is 27.2. The second-order valence-corrected chi connectivity index (χ2v) is 5.62. The van der Waals surface area contributed by atoms with Gasteiger partial charge in [-0.15, -0.1) is 0 Å². The third-order valence-corrected chi connectivity index (χ3v) is 3.07. The van der Waals surface area contributed by atoms with Crippen molar-refractivity contribution in [3.05, 3.63) is 34.7 Å². The van der Waals surface area contributed by atoms with Gasteiger partial charge >= 0.3 is 11.7 Å². The maximum Gasteiger partial charge on any atom is 0.349 e. The predicted molar refractivity (Wildman–Crippen MR) is 87.5 cm³/mol. The Kier molecular flexibility index (Phi) is 6.14. The van der Waals surface area contributed by atoms with Crippen LogP contribution in [0, 0.1) is 0 Å². The van der Waals surface area contributed by atoms with Crippen molar-refractivity contribution in [3.63, 3.8) is 0 Å². The highest BCUT2D eigenvalue weighted by Gasteiger charge is 2.24. The summed E-state index contributed by atoms with van der Waals surface area (Å²) >= 11 is 0. The van der Waals surface area contributed by atoms with Gasteiger partial charge in [0.15, 0.2) is 0 Å². The molecule has 1 atom stereocenters. The van der Waals surface area contributed by atoms with E-state index in [-0.39, 0.29) is 35.4 Å². The van der Waals surface area contributed by atoms with Crippen molar-refractivity contribution in [2.75, 3.05) is 5.73 Å². The highest BCUT2D eigenvalue weighted by Crippen LogP contribution is 2.08. The first-order valence-corrected chi connectivity index (χ1v) is 7.23. The van der Waals surface area contributed by atoms with Gasteiger partial charge in [-0.2, -0.15) is 4.98 Å². The Bertz CT molecular complexity index is 638. The van der Waals surface area contributed by atoms with Crippen LogP contribution in [0.5, 0.6) is 0 Å². The summed E-state index contributed by atoms with van der Waals surface area (Å²) in [6, 6.07) is 1.48. The maximum atomic E-state index is 11.2. The number of aromatic nitrogens is 2. The molecule has 1 aromatic rings. The third-order valence-electron chi connectivity index (χ3n) is 3.07. The number of rotatable bonds is 2. The number of nitrogens with one attached hydrogen (secondary N) is 1. The molecule has 2 amide bonds. The lowest BCUT2D eigenvalue weighted by molar-refractivity contribution is 0.185. The molecule has 1 aliphatic rings. The normalized spacial score (nSPS) is 17.5. The number of aliphatic hydroxyl groups excluding tert-OH is 1. The molecule has 2 heterocycles. The van der Waals surface area contributed by atoms with Gasteiger partial charge in [-0.25, -0.2) is 9.59 Å². The van der Waals surface area contributed by atoms with Crippen LogP contribution in [0.2, 0.25) is 0 Å². The van der Waals surface area contributed by atoms with Gasteiger partial charge < -0.3 is 21.9 Å². The minimum atomic E-state index is -0.771. The van der Waals surface area contributed by atoms with E-state index in [9.17, 15) is 14.7 Å². The fourth-order valence-electron chi connectivity index (χ4n) is 1.77. The standard InChI is InChI=1S/C7H13N3O2.C7H11N3O/c1-4(2)10-3-5(11)6(8)9-7(10)12;1-5(2)10-4-3-6(8)9-7(10)11/h3-4,6,11H,8H2,1-2H3,(H,9,12);3-5H,1-2H3,(H2,8,9,11). The van der Waals surface area contributed by atoms with E-state index in [0.29, 0.717) is 0 Å². The average Bonchev–Trinajstić information content (AvgIpc) is 2.42. The summed E-state index contributed by atoms with van der Waals surface area (Å²) < 4.78 is 1.52. The predicted octanol–water partition coefficient (Wildman–Crippen LogP) is 0.511. The Morgan fingerprint density at radius 1 is 1.26 bits per heavy atom. The van der Waals surface area contributed by atoms with E-state index >= 15 is 0 Å². The number of hydrogen-bond acceptors (Lipinski definition) is 6. The molecule has 0 fully saturated rings. The molecule has 0 saturated carbocycles. The second kappa shape index (κ2) is 7.63. The van der Waals surface area contributed by atoms with Gasteiger partial charge in [0.25, 0.3) is 0 Å². The molecule has 0 aromatic carbocycles. The van der Waals surface area contributed by atoms with E-state index in [1.165, 1.54) is 15.7 Å². The largest absolute Gasteiger partial charge is 0.507 e. The van der Waals surface area contributed by atoms with E-state index in [1.807, 2.05) is 27.7 Å². The second-order valence-electron chi connectivity index (χ2n) is 5.62. The number of amides is 2. The summed E-state index contributed by atoms with van der Waals surface area (Å²) in [5.41, 5.74) is 10.4. The van der Waals surface area contributed by atoms with Crippen LogP contribution >= 0.6 is 0 Å². The molecule has 128 valence electrons. The number of nitrogens with two attached hydrogens (primary N) is 2. The number of carbonyl (C=O) groups excluding carboxylic acids is 1. The lowest BCUT2D eigenvalue weighted by Crippen LogP contribution is -2.53.